The van der Waals surface area contributed by atoms with Gasteiger partial charge in [-0.05, 0) is 57.8 Å². The molecule has 0 spiro atoms. The minimum atomic E-state index is -0.848. The predicted octanol–water partition coefficient (Wildman–Crippen LogP) is 21.8. The maximum atomic E-state index is 12.5. The van der Waals surface area contributed by atoms with E-state index in [4.69, 9.17) is 4.74 Å². The molecule has 1 amide bonds. The first kappa shape index (κ1) is 73.3. The number of aliphatic hydroxyl groups excluding tert-OH is 2. The molecule has 0 heterocycles. The highest BCUT2D eigenvalue weighted by atomic mass is 16.5. The minimum absolute atomic E-state index is 0.0156. The lowest BCUT2D eigenvalue weighted by molar-refractivity contribution is -0.143. The Hall–Kier alpha value is -1.66. The summed E-state index contributed by atoms with van der Waals surface area (Å²) in [5.74, 6) is -0.0535. The molecule has 2 atom stereocenters. The molecule has 0 bridgehead atoms. The zero-order chi connectivity index (χ0) is 54.3. The van der Waals surface area contributed by atoms with Gasteiger partial charge in [-0.1, -0.05) is 334 Å². The third-order valence-corrected chi connectivity index (χ3v) is 16.0. The van der Waals surface area contributed by atoms with Crippen LogP contribution in [-0.2, 0) is 14.3 Å². The quantitative estimate of drug-likeness (QED) is 0.0320. The van der Waals surface area contributed by atoms with Crippen molar-refractivity contribution < 1.29 is 24.5 Å². The highest BCUT2D eigenvalue weighted by Gasteiger charge is 2.18. The molecule has 0 saturated heterocycles. The summed E-state index contributed by atoms with van der Waals surface area (Å²) >= 11 is 0. The lowest BCUT2D eigenvalue weighted by Gasteiger charge is -2.20. The monoisotopic (exact) mass is 1060 g/mol. The molecule has 2 unspecified atom stereocenters. The van der Waals surface area contributed by atoms with Gasteiger partial charge in [0.25, 0.3) is 0 Å². The Morgan fingerprint density at radius 1 is 0.360 bits per heavy atom. The number of ether oxygens (including phenoxy) is 1. The second-order valence-electron chi connectivity index (χ2n) is 23.5. The fourth-order valence-corrected chi connectivity index (χ4v) is 10.7. The van der Waals surface area contributed by atoms with Gasteiger partial charge in [-0.15, -0.1) is 0 Å². The molecule has 0 fully saturated rings. The van der Waals surface area contributed by atoms with E-state index >= 15 is 0 Å². The van der Waals surface area contributed by atoms with Crippen LogP contribution in [0.2, 0.25) is 0 Å². The summed E-state index contributed by atoms with van der Waals surface area (Å²) in [5, 5.41) is 23.2. The molecular weight excluding hydrogens is 923 g/mol. The smallest absolute Gasteiger partial charge is 0.305 e. The van der Waals surface area contributed by atoms with Gasteiger partial charge in [-0.25, -0.2) is 0 Å². The van der Waals surface area contributed by atoms with Gasteiger partial charge in [0.1, 0.15) is 0 Å². The van der Waals surface area contributed by atoms with Gasteiger partial charge in [-0.2, -0.15) is 0 Å². The molecule has 0 saturated carbocycles. The summed E-state index contributed by atoms with van der Waals surface area (Å²) in [5.41, 5.74) is 0. The van der Waals surface area contributed by atoms with Crippen molar-refractivity contribution in [2.45, 2.75) is 392 Å². The van der Waals surface area contributed by atoms with E-state index in [0.29, 0.717) is 19.4 Å². The molecule has 0 rings (SSSR count). The second-order valence-corrected chi connectivity index (χ2v) is 23.5. The zero-order valence-corrected chi connectivity index (χ0v) is 50.8. The van der Waals surface area contributed by atoms with Gasteiger partial charge >= 0.3 is 5.97 Å². The van der Waals surface area contributed by atoms with Crippen LogP contribution in [0, 0.1) is 0 Å². The number of allylic oxidation sites excluding steroid dienone is 3. The minimum Gasteiger partial charge on any atom is -0.466 e. The van der Waals surface area contributed by atoms with Crippen LogP contribution in [-0.4, -0.2) is 47.4 Å². The first-order valence-corrected chi connectivity index (χ1v) is 34.1. The number of rotatable bonds is 64. The Kier molecular flexibility index (Phi) is 63.4. The number of hydrogen-bond acceptors (Lipinski definition) is 5. The van der Waals surface area contributed by atoms with E-state index < -0.39 is 12.1 Å². The zero-order valence-electron chi connectivity index (χ0n) is 50.8. The normalized spacial score (nSPS) is 12.6. The van der Waals surface area contributed by atoms with E-state index in [2.05, 4.69) is 31.3 Å². The third-order valence-electron chi connectivity index (χ3n) is 16.0. The van der Waals surface area contributed by atoms with E-state index in [1.807, 2.05) is 6.08 Å². The van der Waals surface area contributed by atoms with Crippen LogP contribution in [0.1, 0.15) is 380 Å². The first-order valence-electron chi connectivity index (χ1n) is 34.1. The molecule has 6 heteroatoms. The van der Waals surface area contributed by atoms with Crippen LogP contribution in [0.4, 0.5) is 0 Å². The molecule has 0 radical (unpaired) electrons. The van der Waals surface area contributed by atoms with Crippen molar-refractivity contribution >= 4 is 11.9 Å². The van der Waals surface area contributed by atoms with Crippen molar-refractivity contribution in [1.29, 1.82) is 0 Å². The molecule has 0 aliphatic rings. The third kappa shape index (κ3) is 61.4. The summed E-state index contributed by atoms with van der Waals surface area (Å²) < 4.78 is 5.49. The van der Waals surface area contributed by atoms with Crippen LogP contribution in [0.15, 0.2) is 24.3 Å². The number of aliphatic hydroxyl groups is 2. The fraction of sp³-hybridized carbons (Fsp3) is 0.913. The van der Waals surface area contributed by atoms with Crippen LogP contribution in [0.5, 0.6) is 0 Å². The van der Waals surface area contributed by atoms with E-state index in [1.54, 1.807) is 6.08 Å². The Labute approximate surface area is 469 Å². The number of nitrogens with one attached hydrogen (secondary N) is 1. The largest absolute Gasteiger partial charge is 0.466 e. The van der Waals surface area contributed by atoms with E-state index in [9.17, 15) is 19.8 Å². The van der Waals surface area contributed by atoms with Crippen LogP contribution in [0.25, 0.3) is 0 Å². The van der Waals surface area contributed by atoms with Gasteiger partial charge in [0, 0.05) is 12.8 Å². The molecule has 75 heavy (non-hydrogen) atoms. The highest BCUT2D eigenvalue weighted by molar-refractivity contribution is 5.76. The maximum Gasteiger partial charge on any atom is 0.305 e. The van der Waals surface area contributed by atoms with Gasteiger partial charge < -0.3 is 20.3 Å². The Balaban J connectivity index is 3.42. The summed E-state index contributed by atoms with van der Waals surface area (Å²) in [6.45, 7) is 4.94. The van der Waals surface area contributed by atoms with Gasteiger partial charge in [0.2, 0.25) is 5.91 Å². The average molecular weight is 1060 g/mol. The molecule has 444 valence electrons. The molecule has 0 aliphatic heterocycles. The lowest BCUT2D eigenvalue weighted by atomic mass is 10.0. The SMILES string of the molecule is CCCCCCCCCCCCCCCCCCC/C=C/C(O)C(CO)NC(=O)CCCCCCCCCC/C=C\CCCCCCCCCCCCCCOC(=O)CCCCCCCCCCCCCCCCC. The molecular formula is C69H133NO5. The number of esters is 1. The van der Waals surface area contributed by atoms with Crippen molar-refractivity contribution in [2.24, 2.45) is 0 Å². The summed E-state index contributed by atoms with van der Waals surface area (Å²) in [7, 11) is 0. The standard InChI is InChI=1S/C69H133NO5/c1-3-5-7-9-11-13-15-17-19-20-27-30-34-37-41-45-49-53-57-61-67(72)66(65-71)70-68(73)62-58-54-50-46-42-38-35-31-28-25-23-21-22-24-26-29-32-36-40-44-48-52-56-60-64-75-69(74)63-59-55-51-47-43-39-33-18-16-14-12-10-8-6-4-2/h23,25,57,61,66-67,71-72H,3-22,24,26-56,58-60,62-65H2,1-2H3,(H,70,73)/b25-23-,61-57+. The van der Waals surface area contributed by atoms with Gasteiger partial charge in [0.15, 0.2) is 0 Å². The van der Waals surface area contributed by atoms with Crippen molar-refractivity contribution in [1.82, 2.24) is 5.32 Å². The number of hydrogen-bond donors (Lipinski definition) is 3. The van der Waals surface area contributed by atoms with E-state index in [-0.39, 0.29) is 18.5 Å². The lowest BCUT2D eigenvalue weighted by Crippen LogP contribution is -2.45. The fourth-order valence-electron chi connectivity index (χ4n) is 10.7. The van der Waals surface area contributed by atoms with Gasteiger partial charge in [0.05, 0.1) is 25.4 Å². The van der Waals surface area contributed by atoms with E-state index in [0.717, 1.165) is 38.5 Å². The average Bonchev–Trinajstić information content (AvgIpc) is 3.41. The Morgan fingerprint density at radius 3 is 0.947 bits per heavy atom. The van der Waals surface area contributed by atoms with Crippen LogP contribution < -0.4 is 5.32 Å². The Bertz CT molecular complexity index is 1170. The van der Waals surface area contributed by atoms with E-state index in [1.165, 1.54) is 315 Å². The van der Waals surface area contributed by atoms with Crippen molar-refractivity contribution in [3.63, 3.8) is 0 Å². The van der Waals surface area contributed by atoms with Crippen molar-refractivity contribution in [3.05, 3.63) is 24.3 Å². The van der Waals surface area contributed by atoms with Crippen LogP contribution in [0.3, 0.4) is 0 Å². The Morgan fingerprint density at radius 2 is 0.627 bits per heavy atom. The van der Waals surface area contributed by atoms with Crippen LogP contribution >= 0.6 is 0 Å². The summed E-state index contributed by atoms with van der Waals surface area (Å²) in [6.07, 6.45) is 81.0. The number of amides is 1. The predicted molar refractivity (Wildman–Crippen MR) is 329 cm³/mol. The number of carbonyl (C=O) groups is 2. The molecule has 3 N–H and O–H groups in total. The topological polar surface area (TPSA) is 95.9 Å². The molecule has 0 aliphatic carbocycles. The van der Waals surface area contributed by atoms with Crippen molar-refractivity contribution in [2.75, 3.05) is 13.2 Å². The molecule has 0 aromatic rings. The molecule has 0 aromatic carbocycles. The molecule has 6 nitrogen and oxygen atoms in total. The highest BCUT2D eigenvalue weighted by Crippen LogP contribution is 2.18. The molecule has 0 aromatic heterocycles. The first-order chi connectivity index (χ1) is 37.0. The summed E-state index contributed by atoms with van der Waals surface area (Å²) in [4.78, 5) is 24.6. The van der Waals surface area contributed by atoms with Gasteiger partial charge in [-0.3, -0.25) is 9.59 Å². The maximum absolute atomic E-state index is 12.5. The summed E-state index contributed by atoms with van der Waals surface area (Å²) in [6, 6.07) is -0.632. The second kappa shape index (κ2) is 64.9. The number of unbranched alkanes of at least 4 members (excludes halogenated alkanes) is 51. The number of carbonyl (C=O) groups excluding carboxylic acids is 2. The van der Waals surface area contributed by atoms with Crippen molar-refractivity contribution in [3.8, 4) is 0 Å².